The monoisotopic (exact) mass is 417 g/mol. The molecule has 138 valence electrons. The molecule has 3 rings (SSSR count). The van der Waals surface area contributed by atoms with Crippen molar-refractivity contribution in [2.75, 3.05) is 26.9 Å². The van der Waals surface area contributed by atoms with Crippen LogP contribution in [0.1, 0.15) is 35.2 Å². The van der Waals surface area contributed by atoms with Gasteiger partial charge in [0.1, 0.15) is 12.4 Å². The van der Waals surface area contributed by atoms with Gasteiger partial charge in [0.25, 0.3) is 5.91 Å². The molecule has 0 heterocycles. The van der Waals surface area contributed by atoms with Crippen LogP contribution in [-0.4, -0.2) is 32.8 Å². The standard InChI is InChI=1S/C21H24BrNO3/c1-25-12-13-26-19-9-3-2-8-18(19)20(24)23-15-21(10-5-11-21)16-6-4-7-17(22)14-16/h2-4,6-9,14H,5,10-13,15H2,1H3,(H,23,24). The lowest BCUT2D eigenvalue weighted by Crippen LogP contribution is -2.45. The third-order valence-electron chi connectivity index (χ3n) is 5.01. The molecule has 5 heteroatoms. The number of rotatable bonds is 8. The Bertz CT molecular complexity index is 758. The Labute approximate surface area is 163 Å². The Balaban J connectivity index is 1.68. The molecule has 4 nitrogen and oxygen atoms in total. The number of halogens is 1. The van der Waals surface area contributed by atoms with Crippen molar-refractivity contribution < 1.29 is 14.3 Å². The average molecular weight is 418 g/mol. The first-order valence-corrected chi connectivity index (χ1v) is 9.69. The second-order valence-corrected chi connectivity index (χ2v) is 7.58. The summed E-state index contributed by atoms with van der Waals surface area (Å²) in [6.45, 7) is 1.54. The van der Waals surface area contributed by atoms with Crippen molar-refractivity contribution in [2.45, 2.75) is 24.7 Å². The van der Waals surface area contributed by atoms with E-state index < -0.39 is 0 Å². The molecule has 0 spiro atoms. The number of carbonyl (C=O) groups excluding carboxylic acids is 1. The number of methoxy groups -OCH3 is 1. The summed E-state index contributed by atoms with van der Waals surface area (Å²) in [6, 6.07) is 15.7. The van der Waals surface area contributed by atoms with Crippen LogP contribution in [0.15, 0.2) is 53.0 Å². The highest BCUT2D eigenvalue weighted by Crippen LogP contribution is 2.43. The molecule has 1 aliphatic carbocycles. The van der Waals surface area contributed by atoms with Gasteiger partial charge >= 0.3 is 0 Å². The molecule has 1 amide bonds. The van der Waals surface area contributed by atoms with Gasteiger partial charge < -0.3 is 14.8 Å². The fraction of sp³-hybridized carbons (Fsp3) is 0.381. The number of hydrogen-bond donors (Lipinski definition) is 1. The van der Waals surface area contributed by atoms with Crippen LogP contribution < -0.4 is 10.1 Å². The van der Waals surface area contributed by atoms with Gasteiger partial charge in [-0.15, -0.1) is 0 Å². The highest BCUT2D eigenvalue weighted by Gasteiger charge is 2.39. The predicted octanol–water partition coefficient (Wildman–Crippen LogP) is 4.33. The SMILES string of the molecule is COCCOc1ccccc1C(=O)NCC1(c2cccc(Br)c2)CCC1. The molecule has 26 heavy (non-hydrogen) atoms. The summed E-state index contributed by atoms with van der Waals surface area (Å²) in [6.07, 6.45) is 3.38. The van der Waals surface area contributed by atoms with Crippen LogP contribution in [-0.2, 0) is 10.2 Å². The van der Waals surface area contributed by atoms with Gasteiger partial charge in [0.2, 0.25) is 0 Å². The number of amides is 1. The Hall–Kier alpha value is -1.85. The van der Waals surface area contributed by atoms with Crippen molar-refractivity contribution in [3.8, 4) is 5.75 Å². The molecule has 2 aromatic carbocycles. The number of hydrogen-bond acceptors (Lipinski definition) is 3. The van der Waals surface area contributed by atoms with Gasteiger partial charge in [0, 0.05) is 23.5 Å². The third kappa shape index (κ3) is 4.27. The van der Waals surface area contributed by atoms with E-state index in [0.717, 1.165) is 17.3 Å². The van der Waals surface area contributed by atoms with Crippen LogP contribution in [0.4, 0.5) is 0 Å². The van der Waals surface area contributed by atoms with E-state index in [0.29, 0.717) is 31.1 Å². The number of benzene rings is 2. The molecule has 0 bridgehead atoms. The second-order valence-electron chi connectivity index (χ2n) is 6.66. The zero-order valence-corrected chi connectivity index (χ0v) is 16.6. The number of ether oxygens (including phenoxy) is 2. The van der Waals surface area contributed by atoms with Crippen molar-refractivity contribution in [3.63, 3.8) is 0 Å². The highest BCUT2D eigenvalue weighted by molar-refractivity contribution is 9.10. The molecule has 0 aromatic heterocycles. The van der Waals surface area contributed by atoms with Crippen LogP contribution in [0.2, 0.25) is 0 Å². The van der Waals surface area contributed by atoms with Gasteiger partial charge in [0.15, 0.2) is 0 Å². The largest absolute Gasteiger partial charge is 0.490 e. The Morgan fingerprint density at radius 1 is 1.15 bits per heavy atom. The molecule has 1 N–H and O–H groups in total. The average Bonchev–Trinajstić information content (AvgIpc) is 2.61. The first kappa shape index (κ1) is 18.9. The fourth-order valence-electron chi connectivity index (χ4n) is 3.35. The molecular formula is C21H24BrNO3. The third-order valence-corrected chi connectivity index (χ3v) is 5.50. The van der Waals surface area contributed by atoms with E-state index in [1.54, 1.807) is 13.2 Å². The minimum atomic E-state index is -0.0979. The zero-order valence-electron chi connectivity index (χ0n) is 15.0. The van der Waals surface area contributed by atoms with Crippen LogP contribution in [0.3, 0.4) is 0 Å². The maximum absolute atomic E-state index is 12.8. The molecule has 0 atom stereocenters. The van der Waals surface area contributed by atoms with Crippen molar-refractivity contribution in [3.05, 3.63) is 64.1 Å². The summed E-state index contributed by atoms with van der Waals surface area (Å²) in [4.78, 5) is 12.8. The lowest BCUT2D eigenvalue weighted by molar-refractivity contribution is 0.0920. The minimum Gasteiger partial charge on any atom is -0.490 e. The van der Waals surface area contributed by atoms with E-state index >= 15 is 0 Å². The zero-order chi connectivity index (χ0) is 18.4. The number of carbonyl (C=O) groups is 1. The lowest BCUT2D eigenvalue weighted by atomic mass is 9.64. The van der Waals surface area contributed by atoms with Crippen molar-refractivity contribution in [2.24, 2.45) is 0 Å². The van der Waals surface area contributed by atoms with Gasteiger partial charge in [-0.3, -0.25) is 4.79 Å². The summed E-state index contributed by atoms with van der Waals surface area (Å²) >= 11 is 3.55. The number of para-hydroxylation sites is 1. The summed E-state index contributed by atoms with van der Waals surface area (Å²) < 4.78 is 11.8. The van der Waals surface area contributed by atoms with Crippen molar-refractivity contribution in [1.29, 1.82) is 0 Å². The van der Waals surface area contributed by atoms with Crippen LogP contribution in [0.5, 0.6) is 5.75 Å². The van der Waals surface area contributed by atoms with E-state index in [4.69, 9.17) is 9.47 Å². The van der Waals surface area contributed by atoms with Crippen LogP contribution in [0.25, 0.3) is 0 Å². The van der Waals surface area contributed by atoms with E-state index in [9.17, 15) is 4.79 Å². The summed E-state index contributed by atoms with van der Waals surface area (Å²) in [7, 11) is 1.63. The van der Waals surface area contributed by atoms with Gasteiger partial charge in [-0.25, -0.2) is 0 Å². The predicted molar refractivity (Wildman–Crippen MR) is 106 cm³/mol. The maximum atomic E-state index is 12.8. The minimum absolute atomic E-state index is 0.0330. The molecule has 1 fully saturated rings. The summed E-state index contributed by atoms with van der Waals surface area (Å²) in [5, 5.41) is 3.12. The first-order chi connectivity index (χ1) is 12.6. The molecule has 0 unspecified atom stereocenters. The Morgan fingerprint density at radius 2 is 1.96 bits per heavy atom. The number of nitrogens with one attached hydrogen (secondary N) is 1. The van der Waals surface area contributed by atoms with Crippen molar-refractivity contribution in [1.82, 2.24) is 5.32 Å². The summed E-state index contributed by atoms with van der Waals surface area (Å²) in [5.41, 5.74) is 1.88. The highest BCUT2D eigenvalue weighted by atomic mass is 79.9. The fourth-order valence-corrected chi connectivity index (χ4v) is 3.75. The first-order valence-electron chi connectivity index (χ1n) is 8.90. The quantitative estimate of drug-likeness (QED) is 0.650. The van der Waals surface area contributed by atoms with E-state index in [-0.39, 0.29) is 11.3 Å². The molecule has 2 aromatic rings. The van der Waals surface area contributed by atoms with Crippen LogP contribution >= 0.6 is 15.9 Å². The normalized spacial score (nSPS) is 15.2. The Morgan fingerprint density at radius 3 is 2.65 bits per heavy atom. The van der Waals surface area contributed by atoms with E-state index in [1.165, 1.54) is 12.0 Å². The molecular weight excluding hydrogens is 394 g/mol. The van der Waals surface area contributed by atoms with Gasteiger partial charge in [-0.1, -0.05) is 46.6 Å². The van der Waals surface area contributed by atoms with Gasteiger partial charge in [0.05, 0.1) is 12.2 Å². The lowest BCUT2D eigenvalue weighted by Gasteiger charge is -2.42. The van der Waals surface area contributed by atoms with E-state index in [1.807, 2.05) is 24.3 Å². The molecule has 0 saturated heterocycles. The van der Waals surface area contributed by atoms with Crippen molar-refractivity contribution >= 4 is 21.8 Å². The van der Waals surface area contributed by atoms with E-state index in [2.05, 4.69) is 39.4 Å². The molecule has 1 saturated carbocycles. The smallest absolute Gasteiger partial charge is 0.255 e. The molecule has 0 aliphatic heterocycles. The van der Waals surface area contributed by atoms with Crippen LogP contribution in [0, 0.1) is 0 Å². The molecule has 0 radical (unpaired) electrons. The Kier molecular flexibility index (Phi) is 6.33. The van der Waals surface area contributed by atoms with Gasteiger partial charge in [-0.2, -0.15) is 0 Å². The second kappa shape index (κ2) is 8.69. The maximum Gasteiger partial charge on any atom is 0.255 e. The topological polar surface area (TPSA) is 47.6 Å². The molecule has 1 aliphatic rings. The van der Waals surface area contributed by atoms with Gasteiger partial charge in [-0.05, 0) is 42.7 Å². The summed E-state index contributed by atoms with van der Waals surface area (Å²) in [5.74, 6) is 0.492.